The summed E-state index contributed by atoms with van der Waals surface area (Å²) in [6.07, 6.45) is 7.96. The third kappa shape index (κ3) is 5.08. The van der Waals surface area contributed by atoms with Gasteiger partial charge in [0, 0.05) is 38.2 Å². The van der Waals surface area contributed by atoms with E-state index in [2.05, 4.69) is 134 Å². The summed E-state index contributed by atoms with van der Waals surface area (Å²) in [5.74, 6) is 0.695. The predicted molar refractivity (Wildman–Crippen MR) is 199 cm³/mol. The number of nitrogens with zero attached hydrogens (tertiary/aromatic N) is 3. The normalized spacial score (nSPS) is 12.1. The van der Waals surface area contributed by atoms with Crippen molar-refractivity contribution in [3.8, 4) is 33.8 Å². The van der Waals surface area contributed by atoms with Gasteiger partial charge in [0.05, 0.1) is 22.2 Å². The molecule has 0 atom stereocenters. The van der Waals surface area contributed by atoms with Gasteiger partial charge in [0.25, 0.3) is 0 Å². The zero-order chi connectivity index (χ0) is 31.7. The van der Waals surface area contributed by atoms with Crippen LogP contribution in [0.25, 0.3) is 82.8 Å². The molecule has 0 saturated heterocycles. The van der Waals surface area contributed by atoms with E-state index in [9.17, 15) is 0 Å². The lowest BCUT2D eigenvalue weighted by molar-refractivity contribution is 1.23. The first-order chi connectivity index (χ1) is 23.2. The summed E-state index contributed by atoms with van der Waals surface area (Å²) in [5, 5.41) is 5.66. The van der Waals surface area contributed by atoms with Crippen LogP contribution >= 0.6 is 0 Å². The van der Waals surface area contributed by atoms with Crippen molar-refractivity contribution in [1.82, 2.24) is 15.0 Å². The summed E-state index contributed by atoms with van der Waals surface area (Å²) in [5.41, 5.74) is 10.4. The molecule has 6 aromatic carbocycles. The van der Waals surface area contributed by atoms with Crippen molar-refractivity contribution in [1.29, 1.82) is 0 Å². The Kier molecular flexibility index (Phi) is 7.20. The van der Waals surface area contributed by atoms with E-state index >= 15 is 0 Å². The smallest absolute Gasteiger partial charge is 0.160 e. The number of pyridine rings is 1. The van der Waals surface area contributed by atoms with E-state index in [4.69, 9.17) is 15.0 Å². The molecular formula is C44H31N3. The summed E-state index contributed by atoms with van der Waals surface area (Å²) in [7, 11) is 0. The van der Waals surface area contributed by atoms with Gasteiger partial charge >= 0.3 is 0 Å². The molecule has 3 heteroatoms. The van der Waals surface area contributed by atoms with Gasteiger partial charge in [0.2, 0.25) is 0 Å². The number of para-hydroxylation sites is 2. The molecule has 0 bridgehead atoms. The Morgan fingerprint density at radius 2 is 1.28 bits per heavy atom. The van der Waals surface area contributed by atoms with Gasteiger partial charge in [-0.2, -0.15) is 0 Å². The Bertz CT molecular complexity index is 2540. The molecule has 8 rings (SSSR count). The van der Waals surface area contributed by atoms with Crippen molar-refractivity contribution < 1.29 is 0 Å². The molecule has 8 aromatic rings. The Hall–Kier alpha value is -6.19. The van der Waals surface area contributed by atoms with Crippen molar-refractivity contribution in [2.75, 3.05) is 0 Å². The Morgan fingerprint density at radius 1 is 0.574 bits per heavy atom. The van der Waals surface area contributed by atoms with Crippen molar-refractivity contribution in [2.24, 2.45) is 0 Å². The number of fused-ring (bicyclic) bond motifs is 5. The van der Waals surface area contributed by atoms with Crippen molar-refractivity contribution >= 4 is 49.1 Å². The van der Waals surface area contributed by atoms with E-state index in [-0.39, 0.29) is 0 Å². The van der Waals surface area contributed by atoms with Crippen LogP contribution in [0.1, 0.15) is 12.5 Å². The highest BCUT2D eigenvalue weighted by Crippen LogP contribution is 2.39. The first-order valence-electron chi connectivity index (χ1n) is 15.9. The van der Waals surface area contributed by atoms with Crippen molar-refractivity contribution in [2.45, 2.75) is 6.92 Å². The first-order valence-corrected chi connectivity index (χ1v) is 15.9. The van der Waals surface area contributed by atoms with Crippen LogP contribution in [0.2, 0.25) is 0 Å². The molecule has 3 nitrogen and oxygen atoms in total. The fraction of sp³-hybridized carbons (Fsp3) is 0.0227. The maximum atomic E-state index is 5.19. The Labute approximate surface area is 273 Å². The van der Waals surface area contributed by atoms with E-state index in [1.54, 1.807) is 0 Å². The zero-order valence-electron chi connectivity index (χ0n) is 26.1. The summed E-state index contributed by atoms with van der Waals surface area (Å²) in [4.78, 5) is 15.3. The van der Waals surface area contributed by atoms with E-state index in [1.807, 2.05) is 37.3 Å². The third-order valence-corrected chi connectivity index (χ3v) is 8.72. The van der Waals surface area contributed by atoms with Crippen LogP contribution in [0.3, 0.4) is 0 Å². The van der Waals surface area contributed by atoms with E-state index in [0.29, 0.717) is 5.82 Å². The Morgan fingerprint density at radius 3 is 2.06 bits per heavy atom. The largest absolute Gasteiger partial charge is 0.247 e. The van der Waals surface area contributed by atoms with Gasteiger partial charge in [-0.3, -0.25) is 0 Å². The highest BCUT2D eigenvalue weighted by atomic mass is 14.9. The number of rotatable bonds is 6. The lowest BCUT2D eigenvalue weighted by atomic mass is 9.93. The number of allylic oxidation sites excluding steroid dienone is 5. The molecule has 0 aliphatic rings. The molecular weight excluding hydrogens is 571 g/mol. The molecule has 0 radical (unpaired) electrons. The second-order valence-electron chi connectivity index (χ2n) is 11.6. The molecule has 2 heterocycles. The van der Waals surface area contributed by atoms with Gasteiger partial charge in [-0.1, -0.05) is 146 Å². The molecule has 0 spiro atoms. The highest BCUT2D eigenvalue weighted by Gasteiger charge is 2.16. The van der Waals surface area contributed by atoms with Crippen LogP contribution in [0, 0.1) is 0 Å². The molecule has 0 fully saturated rings. The number of aromatic nitrogens is 3. The molecule has 0 aliphatic carbocycles. The lowest BCUT2D eigenvalue weighted by Crippen LogP contribution is -1.96. The van der Waals surface area contributed by atoms with Gasteiger partial charge in [-0.25, -0.2) is 15.0 Å². The van der Waals surface area contributed by atoms with E-state index in [1.165, 1.54) is 10.9 Å². The average molecular weight is 602 g/mol. The van der Waals surface area contributed by atoms with Crippen LogP contribution in [0.15, 0.2) is 164 Å². The predicted octanol–water partition coefficient (Wildman–Crippen LogP) is 11.6. The third-order valence-electron chi connectivity index (χ3n) is 8.72. The quantitative estimate of drug-likeness (QED) is 0.108. The van der Waals surface area contributed by atoms with Gasteiger partial charge < -0.3 is 0 Å². The minimum Gasteiger partial charge on any atom is -0.247 e. The van der Waals surface area contributed by atoms with Gasteiger partial charge in [-0.15, -0.1) is 0 Å². The number of benzene rings is 6. The molecule has 0 aliphatic heterocycles. The van der Waals surface area contributed by atoms with Crippen LogP contribution < -0.4 is 0 Å². The van der Waals surface area contributed by atoms with Gasteiger partial charge in [0.1, 0.15) is 0 Å². The van der Waals surface area contributed by atoms with Gasteiger partial charge in [-0.05, 0) is 47.2 Å². The fourth-order valence-electron chi connectivity index (χ4n) is 6.55. The molecule has 2 aromatic heterocycles. The summed E-state index contributed by atoms with van der Waals surface area (Å²) >= 11 is 0. The molecule has 0 N–H and O–H groups in total. The average Bonchev–Trinajstić information content (AvgIpc) is 3.13. The second-order valence-corrected chi connectivity index (χ2v) is 11.6. The highest BCUT2D eigenvalue weighted by molar-refractivity contribution is 6.17. The van der Waals surface area contributed by atoms with Crippen LogP contribution in [0.4, 0.5) is 0 Å². The van der Waals surface area contributed by atoms with Crippen LogP contribution in [-0.2, 0) is 0 Å². The minimum atomic E-state index is 0.695. The van der Waals surface area contributed by atoms with Gasteiger partial charge in [0.15, 0.2) is 5.82 Å². The Balaban J connectivity index is 1.28. The molecule has 222 valence electrons. The molecule has 0 amide bonds. The fourth-order valence-corrected chi connectivity index (χ4v) is 6.55. The van der Waals surface area contributed by atoms with Crippen LogP contribution in [-0.4, -0.2) is 15.0 Å². The number of hydrogen-bond donors (Lipinski definition) is 0. The SMILES string of the molecule is C=C/C=C(\C=C/C)c1cccc(-c2nc(-c3ccc(-c4c5ccccc5nc5c4ccc4ccccc45)cc3)c3ccccc3n2)c1. The van der Waals surface area contributed by atoms with E-state index < -0.39 is 0 Å². The van der Waals surface area contributed by atoms with Crippen LogP contribution in [0.5, 0.6) is 0 Å². The lowest BCUT2D eigenvalue weighted by Gasteiger charge is -2.14. The maximum absolute atomic E-state index is 5.19. The minimum absolute atomic E-state index is 0.695. The maximum Gasteiger partial charge on any atom is 0.160 e. The second kappa shape index (κ2) is 12.0. The topological polar surface area (TPSA) is 38.7 Å². The first kappa shape index (κ1) is 28.3. The molecule has 47 heavy (non-hydrogen) atoms. The summed E-state index contributed by atoms with van der Waals surface area (Å²) < 4.78 is 0. The van der Waals surface area contributed by atoms with Crippen molar-refractivity contribution in [3.63, 3.8) is 0 Å². The summed E-state index contributed by atoms with van der Waals surface area (Å²) in [6.45, 7) is 5.92. The van der Waals surface area contributed by atoms with Crippen molar-refractivity contribution in [3.05, 3.63) is 170 Å². The molecule has 0 unspecified atom stereocenters. The monoisotopic (exact) mass is 601 g/mol. The zero-order valence-corrected chi connectivity index (χ0v) is 26.1. The number of hydrogen-bond acceptors (Lipinski definition) is 3. The summed E-state index contributed by atoms with van der Waals surface area (Å²) in [6, 6.07) is 46.7. The standard InChI is InChI=1S/C44H31N3/c1-3-12-29(13-4-2)33-15-11-16-34(28-33)44-46-40-21-10-8-19-37(40)42(47-44)32-24-22-31(23-25-32)41-36-18-7-9-20-39(36)45-43-35-17-6-5-14-30(35)26-27-38(41)43/h3-28H,1H2,2H3/b13-4-,29-12+. The van der Waals surface area contributed by atoms with E-state index in [0.717, 1.165) is 71.6 Å². The molecule has 0 saturated carbocycles.